The van der Waals surface area contributed by atoms with E-state index in [1.807, 2.05) is 24.3 Å². The van der Waals surface area contributed by atoms with Gasteiger partial charge in [-0.1, -0.05) is 30.7 Å². The van der Waals surface area contributed by atoms with Crippen molar-refractivity contribution in [3.63, 3.8) is 0 Å². The Hall–Kier alpha value is -2.45. The van der Waals surface area contributed by atoms with Gasteiger partial charge in [0.25, 0.3) is 0 Å². The van der Waals surface area contributed by atoms with Crippen molar-refractivity contribution in [3.05, 3.63) is 53.1 Å². The third-order valence-corrected chi connectivity index (χ3v) is 6.64. The molecule has 0 saturated heterocycles. The summed E-state index contributed by atoms with van der Waals surface area (Å²) in [5.74, 6) is -0.0779. The zero-order valence-corrected chi connectivity index (χ0v) is 20.8. The van der Waals surface area contributed by atoms with Gasteiger partial charge in [-0.15, -0.1) is 0 Å². The molecule has 0 aliphatic carbocycles. The van der Waals surface area contributed by atoms with Crippen LogP contribution in [0, 0.1) is 0 Å². The summed E-state index contributed by atoms with van der Waals surface area (Å²) in [6.07, 6.45) is 1.34. The normalized spacial score (nSPS) is 12.2. The largest absolute Gasteiger partial charge is 0.495 e. The molecule has 1 unspecified atom stereocenters. The number of sulfonamides is 1. The second kappa shape index (κ2) is 11.4. The first kappa shape index (κ1) is 25.8. The van der Waals surface area contributed by atoms with Crippen LogP contribution < -0.4 is 19.3 Å². The van der Waals surface area contributed by atoms with Crippen LogP contribution in [0.15, 0.2) is 42.5 Å². The fourth-order valence-corrected chi connectivity index (χ4v) is 4.96. The van der Waals surface area contributed by atoms with Crippen LogP contribution in [0.4, 0.5) is 11.4 Å². The molecule has 2 rings (SSSR count). The van der Waals surface area contributed by atoms with Gasteiger partial charge in [0.2, 0.25) is 15.9 Å². The number of carbonyl (C=O) groups is 1. The average Bonchev–Trinajstić information content (AvgIpc) is 2.76. The molecule has 176 valence electrons. The van der Waals surface area contributed by atoms with Gasteiger partial charge in [-0.2, -0.15) is 0 Å². The number of nitrogens with zero attached hydrogens (tertiary/aromatic N) is 2. The zero-order chi connectivity index (χ0) is 23.9. The quantitative estimate of drug-likeness (QED) is 0.523. The maximum Gasteiger partial charge on any atom is 0.244 e. The van der Waals surface area contributed by atoms with Crippen molar-refractivity contribution in [1.82, 2.24) is 5.32 Å². The number of methoxy groups -OCH3 is 1. The Kier molecular flexibility index (Phi) is 9.21. The van der Waals surface area contributed by atoms with E-state index in [9.17, 15) is 13.2 Å². The molecule has 1 amide bonds. The van der Waals surface area contributed by atoms with Gasteiger partial charge in [-0.3, -0.25) is 9.10 Å². The highest BCUT2D eigenvalue weighted by Gasteiger charge is 2.33. The summed E-state index contributed by atoms with van der Waals surface area (Å²) in [4.78, 5) is 15.3. The number of rotatable bonds is 11. The van der Waals surface area contributed by atoms with Crippen LogP contribution in [-0.4, -0.2) is 46.8 Å². The summed E-state index contributed by atoms with van der Waals surface area (Å²) in [7, 11) is -2.36. The van der Waals surface area contributed by atoms with Gasteiger partial charge in [0.05, 0.1) is 19.1 Å². The molecule has 0 bridgehead atoms. The van der Waals surface area contributed by atoms with E-state index in [4.69, 9.17) is 16.3 Å². The van der Waals surface area contributed by atoms with Crippen molar-refractivity contribution in [3.8, 4) is 5.75 Å². The minimum Gasteiger partial charge on any atom is -0.495 e. The van der Waals surface area contributed by atoms with Crippen molar-refractivity contribution in [1.29, 1.82) is 0 Å². The lowest BCUT2D eigenvalue weighted by molar-refractivity contribution is -0.122. The number of hydrogen-bond donors (Lipinski definition) is 1. The fourth-order valence-electron chi connectivity index (χ4n) is 3.59. The second-order valence-electron chi connectivity index (χ2n) is 7.36. The zero-order valence-electron chi connectivity index (χ0n) is 19.3. The highest BCUT2D eigenvalue weighted by atomic mass is 35.5. The Labute approximate surface area is 196 Å². The number of nitrogens with one attached hydrogen (secondary N) is 1. The molecule has 0 heterocycles. The molecule has 32 heavy (non-hydrogen) atoms. The third kappa shape index (κ3) is 6.29. The monoisotopic (exact) mass is 481 g/mol. The smallest absolute Gasteiger partial charge is 0.244 e. The molecular formula is C23H32ClN3O4S. The summed E-state index contributed by atoms with van der Waals surface area (Å²) >= 11 is 6.11. The first-order valence-electron chi connectivity index (χ1n) is 10.6. The molecule has 7 nitrogen and oxygen atoms in total. The van der Waals surface area contributed by atoms with E-state index in [-0.39, 0.29) is 18.7 Å². The van der Waals surface area contributed by atoms with E-state index in [1.54, 1.807) is 19.1 Å². The summed E-state index contributed by atoms with van der Waals surface area (Å²) in [5, 5.41) is 3.21. The second-order valence-corrected chi connectivity index (χ2v) is 9.65. The Morgan fingerprint density at radius 2 is 1.72 bits per heavy atom. The number of hydrogen-bond acceptors (Lipinski definition) is 5. The maximum atomic E-state index is 13.1. The Balaban J connectivity index is 2.25. The number of carbonyl (C=O) groups excluding carboxylic acids is 1. The van der Waals surface area contributed by atoms with Crippen LogP contribution in [0.25, 0.3) is 0 Å². The molecule has 0 radical (unpaired) electrons. The lowest BCUT2D eigenvalue weighted by Crippen LogP contribution is -2.49. The van der Waals surface area contributed by atoms with E-state index in [2.05, 4.69) is 24.1 Å². The number of halogens is 1. The van der Waals surface area contributed by atoms with Crippen molar-refractivity contribution in [2.75, 3.05) is 35.7 Å². The van der Waals surface area contributed by atoms with Gasteiger partial charge in [-0.05, 0) is 56.2 Å². The van der Waals surface area contributed by atoms with Crippen LogP contribution in [0.3, 0.4) is 0 Å². The minimum atomic E-state index is -3.80. The SMILES string of the molecule is CCC(C(=O)NCc1ccc(N(CC)CC)cc1)N(c1cc(Cl)ccc1OC)S(C)(=O)=O. The summed E-state index contributed by atoms with van der Waals surface area (Å²) in [6.45, 7) is 8.09. The van der Waals surface area contributed by atoms with Crippen LogP contribution >= 0.6 is 11.6 Å². The van der Waals surface area contributed by atoms with E-state index in [0.29, 0.717) is 10.8 Å². The van der Waals surface area contributed by atoms with Gasteiger partial charge in [-0.25, -0.2) is 8.42 Å². The average molecular weight is 482 g/mol. The summed E-state index contributed by atoms with van der Waals surface area (Å²) < 4.78 is 31.8. The first-order valence-corrected chi connectivity index (χ1v) is 12.8. The molecule has 0 aromatic heterocycles. The van der Waals surface area contributed by atoms with Crippen LogP contribution in [0.1, 0.15) is 32.8 Å². The predicted molar refractivity (Wildman–Crippen MR) is 131 cm³/mol. The van der Waals surface area contributed by atoms with Crippen molar-refractivity contribution >= 4 is 38.9 Å². The van der Waals surface area contributed by atoms with Crippen molar-refractivity contribution in [2.45, 2.75) is 39.8 Å². The highest BCUT2D eigenvalue weighted by Crippen LogP contribution is 2.34. The standard InChI is InChI=1S/C23H32ClN3O4S/c1-6-20(27(32(5,29)30)21-15-18(24)11-14-22(21)31-4)23(28)25-16-17-9-12-19(13-10-17)26(7-2)8-3/h9-15,20H,6-8,16H2,1-5H3,(H,25,28). The first-order chi connectivity index (χ1) is 15.2. The van der Waals surface area contributed by atoms with Gasteiger partial charge < -0.3 is 15.0 Å². The van der Waals surface area contributed by atoms with Gasteiger partial charge in [0.15, 0.2) is 0 Å². The van der Waals surface area contributed by atoms with Crippen molar-refractivity contribution in [2.24, 2.45) is 0 Å². The molecular weight excluding hydrogens is 450 g/mol. The molecule has 0 spiro atoms. The van der Waals surface area contributed by atoms with Gasteiger partial charge >= 0.3 is 0 Å². The lowest BCUT2D eigenvalue weighted by atomic mass is 10.1. The van der Waals surface area contributed by atoms with E-state index < -0.39 is 22.0 Å². The fraction of sp³-hybridized carbons (Fsp3) is 0.435. The molecule has 1 N–H and O–H groups in total. The molecule has 0 fully saturated rings. The van der Waals surface area contributed by atoms with E-state index in [0.717, 1.165) is 34.9 Å². The molecule has 2 aromatic rings. The topological polar surface area (TPSA) is 79.0 Å². The maximum absolute atomic E-state index is 13.1. The predicted octanol–water partition coefficient (Wildman–Crippen LogP) is 4.06. The van der Waals surface area contributed by atoms with E-state index >= 15 is 0 Å². The Bertz CT molecular complexity index is 1010. The molecule has 9 heteroatoms. The number of benzene rings is 2. The molecule has 0 saturated carbocycles. The summed E-state index contributed by atoms with van der Waals surface area (Å²) in [6, 6.07) is 11.7. The Morgan fingerprint density at radius 1 is 1.09 bits per heavy atom. The number of anilines is 2. The van der Waals surface area contributed by atoms with Crippen LogP contribution in [-0.2, 0) is 21.4 Å². The van der Waals surface area contributed by atoms with Gasteiger partial charge in [0.1, 0.15) is 11.8 Å². The number of amides is 1. The lowest BCUT2D eigenvalue weighted by Gasteiger charge is -2.31. The van der Waals surface area contributed by atoms with E-state index in [1.165, 1.54) is 13.2 Å². The minimum absolute atomic E-state index is 0.230. The Morgan fingerprint density at radius 3 is 2.22 bits per heavy atom. The molecule has 0 aliphatic heterocycles. The highest BCUT2D eigenvalue weighted by molar-refractivity contribution is 7.92. The van der Waals surface area contributed by atoms with Crippen LogP contribution in [0.2, 0.25) is 5.02 Å². The van der Waals surface area contributed by atoms with Gasteiger partial charge in [0, 0.05) is 30.3 Å². The van der Waals surface area contributed by atoms with Crippen LogP contribution in [0.5, 0.6) is 5.75 Å². The molecule has 0 aliphatic rings. The molecule has 1 atom stereocenters. The number of ether oxygens (including phenoxy) is 1. The summed E-state index contributed by atoms with van der Waals surface area (Å²) in [5.41, 5.74) is 2.27. The van der Waals surface area contributed by atoms with Crippen molar-refractivity contribution < 1.29 is 17.9 Å². The third-order valence-electron chi connectivity index (χ3n) is 5.24. The molecule has 2 aromatic carbocycles.